The van der Waals surface area contributed by atoms with Gasteiger partial charge in [-0.1, -0.05) is 18.6 Å². The number of ketones is 1. The van der Waals surface area contributed by atoms with Crippen molar-refractivity contribution in [3.05, 3.63) is 11.9 Å². The van der Waals surface area contributed by atoms with Gasteiger partial charge in [-0.2, -0.15) is 0 Å². The molecule has 1 aliphatic rings. The fourth-order valence-corrected chi connectivity index (χ4v) is 2.41. The second-order valence-electron chi connectivity index (χ2n) is 4.54. The predicted octanol–water partition coefficient (Wildman–Crippen LogP) is 1.36. The first-order valence-electron chi connectivity index (χ1n) is 5.54. The minimum Gasteiger partial charge on any atom is -0.299 e. The van der Waals surface area contributed by atoms with Gasteiger partial charge >= 0.3 is 0 Å². The highest BCUT2D eigenvalue weighted by molar-refractivity contribution is 5.83. The highest BCUT2D eigenvalue weighted by Gasteiger charge is 2.29. The lowest BCUT2D eigenvalue weighted by molar-refractivity contribution is -0.123. The Kier molecular flexibility index (Phi) is 2.84. The maximum Gasteiger partial charge on any atom is 0.142 e. The van der Waals surface area contributed by atoms with Gasteiger partial charge in [-0.05, 0) is 18.8 Å². The molecule has 4 nitrogen and oxygen atoms in total. The molecule has 0 radical (unpaired) electrons. The number of hydrogen-bond acceptors (Lipinski definition) is 3. The molecule has 15 heavy (non-hydrogen) atoms. The molecule has 1 heterocycles. The highest BCUT2D eigenvalue weighted by atomic mass is 16.1. The second-order valence-corrected chi connectivity index (χ2v) is 4.54. The first-order valence-corrected chi connectivity index (χ1v) is 5.54. The Bertz CT molecular complexity index is 358. The van der Waals surface area contributed by atoms with E-state index in [4.69, 9.17) is 0 Å². The molecule has 0 aliphatic heterocycles. The van der Waals surface area contributed by atoms with E-state index in [0.717, 1.165) is 12.1 Å². The van der Waals surface area contributed by atoms with Crippen LogP contribution in [0.3, 0.4) is 0 Å². The molecule has 2 unspecified atom stereocenters. The monoisotopic (exact) mass is 207 g/mol. The topological polar surface area (TPSA) is 47.8 Å². The number of aromatic nitrogens is 3. The quantitative estimate of drug-likeness (QED) is 0.752. The van der Waals surface area contributed by atoms with E-state index in [9.17, 15) is 4.79 Å². The summed E-state index contributed by atoms with van der Waals surface area (Å²) < 4.78 is 1.64. The van der Waals surface area contributed by atoms with Crippen LogP contribution in [0.1, 0.15) is 31.9 Å². The lowest BCUT2D eigenvalue weighted by Crippen LogP contribution is -2.19. The van der Waals surface area contributed by atoms with Crippen molar-refractivity contribution in [1.29, 1.82) is 0 Å². The number of aryl methyl sites for hydroxylation is 1. The summed E-state index contributed by atoms with van der Waals surface area (Å²) in [4.78, 5) is 12.0. The fraction of sp³-hybridized carbons (Fsp3) is 0.727. The molecule has 4 heteroatoms. The molecule has 0 aromatic carbocycles. The zero-order chi connectivity index (χ0) is 10.8. The molecular formula is C11H17N3O. The van der Waals surface area contributed by atoms with Gasteiger partial charge in [-0.3, -0.25) is 9.48 Å². The molecular weight excluding hydrogens is 190 g/mol. The van der Waals surface area contributed by atoms with Crippen LogP contribution in [0.5, 0.6) is 0 Å². The van der Waals surface area contributed by atoms with Crippen molar-refractivity contribution in [2.75, 3.05) is 0 Å². The van der Waals surface area contributed by atoms with E-state index in [1.807, 2.05) is 13.2 Å². The lowest BCUT2D eigenvalue weighted by Gasteiger charge is -2.12. The van der Waals surface area contributed by atoms with E-state index in [-0.39, 0.29) is 5.92 Å². The molecule has 0 amide bonds. The molecule has 1 aromatic heterocycles. The number of hydrogen-bond donors (Lipinski definition) is 0. The van der Waals surface area contributed by atoms with Crippen LogP contribution in [0.4, 0.5) is 0 Å². The van der Waals surface area contributed by atoms with Crippen molar-refractivity contribution < 1.29 is 4.79 Å². The third kappa shape index (κ3) is 2.25. The van der Waals surface area contributed by atoms with Crippen LogP contribution in [0, 0.1) is 11.8 Å². The van der Waals surface area contributed by atoms with E-state index in [2.05, 4.69) is 17.2 Å². The Morgan fingerprint density at radius 1 is 1.60 bits per heavy atom. The summed E-state index contributed by atoms with van der Waals surface area (Å²) in [5, 5.41) is 7.77. The second kappa shape index (κ2) is 4.13. The number of nitrogens with zero attached hydrogens (tertiary/aromatic N) is 3. The van der Waals surface area contributed by atoms with E-state index in [0.29, 0.717) is 18.1 Å². The maximum absolute atomic E-state index is 12.0. The zero-order valence-electron chi connectivity index (χ0n) is 9.31. The van der Waals surface area contributed by atoms with Crippen molar-refractivity contribution in [2.24, 2.45) is 18.9 Å². The summed E-state index contributed by atoms with van der Waals surface area (Å²) in [5.74, 6) is 1.14. The van der Waals surface area contributed by atoms with Crippen molar-refractivity contribution >= 4 is 5.78 Å². The van der Waals surface area contributed by atoms with E-state index in [1.165, 1.54) is 12.8 Å². The highest BCUT2D eigenvalue weighted by Crippen LogP contribution is 2.32. The smallest absolute Gasteiger partial charge is 0.142 e. The van der Waals surface area contributed by atoms with Gasteiger partial charge < -0.3 is 0 Å². The molecule has 1 aromatic rings. The van der Waals surface area contributed by atoms with Gasteiger partial charge in [0.2, 0.25) is 0 Å². The molecule has 1 aliphatic carbocycles. The van der Waals surface area contributed by atoms with Crippen molar-refractivity contribution in [3.8, 4) is 0 Å². The first-order chi connectivity index (χ1) is 7.16. The number of carbonyl (C=O) groups excluding carboxylic acids is 1. The summed E-state index contributed by atoms with van der Waals surface area (Å²) >= 11 is 0. The average molecular weight is 207 g/mol. The van der Waals surface area contributed by atoms with E-state index >= 15 is 0 Å². The van der Waals surface area contributed by atoms with Crippen LogP contribution in [0.2, 0.25) is 0 Å². The predicted molar refractivity (Wildman–Crippen MR) is 56.2 cm³/mol. The standard InChI is InChI=1S/C11H17N3O/c1-8-4-3-5-10(8)11(15)6-9-7-14(2)13-12-9/h7-8,10H,3-6H2,1-2H3. The molecule has 0 saturated heterocycles. The SMILES string of the molecule is CC1CCCC1C(=O)Cc1cn(C)nn1. The summed E-state index contributed by atoms with van der Waals surface area (Å²) in [6, 6.07) is 0. The third-order valence-corrected chi connectivity index (χ3v) is 3.28. The van der Waals surface area contributed by atoms with Gasteiger partial charge in [0.15, 0.2) is 0 Å². The molecule has 2 rings (SSSR count). The molecule has 0 N–H and O–H groups in total. The summed E-state index contributed by atoms with van der Waals surface area (Å²) in [5.41, 5.74) is 0.793. The minimum atomic E-state index is 0.256. The Balaban J connectivity index is 1.97. The van der Waals surface area contributed by atoms with Crippen LogP contribution < -0.4 is 0 Å². The zero-order valence-corrected chi connectivity index (χ0v) is 9.31. The Morgan fingerprint density at radius 3 is 2.93 bits per heavy atom. The molecule has 1 fully saturated rings. The van der Waals surface area contributed by atoms with Gasteiger partial charge in [-0.25, -0.2) is 0 Å². The normalized spacial score (nSPS) is 25.7. The summed E-state index contributed by atoms with van der Waals surface area (Å²) in [6.45, 7) is 2.17. The number of Topliss-reactive ketones (excluding diaryl/α,β-unsaturated/α-hetero) is 1. The first kappa shape index (κ1) is 10.3. The van der Waals surface area contributed by atoms with Gasteiger partial charge in [0, 0.05) is 19.2 Å². The molecule has 2 atom stereocenters. The van der Waals surface area contributed by atoms with Gasteiger partial charge in [0.25, 0.3) is 0 Å². The Morgan fingerprint density at radius 2 is 2.40 bits per heavy atom. The van der Waals surface area contributed by atoms with Crippen molar-refractivity contribution in [3.63, 3.8) is 0 Å². The lowest BCUT2D eigenvalue weighted by atomic mass is 9.91. The average Bonchev–Trinajstić information content (AvgIpc) is 2.75. The summed E-state index contributed by atoms with van der Waals surface area (Å²) in [7, 11) is 1.82. The fourth-order valence-electron chi connectivity index (χ4n) is 2.41. The largest absolute Gasteiger partial charge is 0.299 e. The van der Waals surface area contributed by atoms with Gasteiger partial charge in [-0.15, -0.1) is 5.10 Å². The van der Waals surface area contributed by atoms with Crippen LogP contribution in [-0.4, -0.2) is 20.8 Å². The molecule has 1 saturated carbocycles. The minimum absolute atomic E-state index is 0.256. The number of rotatable bonds is 3. The summed E-state index contributed by atoms with van der Waals surface area (Å²) in [6.07, 6.45) is 5.70. The molecule has 82 valence electrons. The van der Waals surface area contributed by atoms with Crippen LogP contribution in [-0.2, 0) is 18.3 Å². The Hall–Kier alpha value is -1.19. The van der Waals surface area contributed by atoms with Crippen LogP contribution >= 0.6 is 0 Å². The van der Waals surface area contributed by atoms with Crippen molar-refractivity contribution in [1.82, 2.24) is 15.0 Å². The van der Waals surface area contributed by atoms with Gasteiger partial charge in [0.1, 0.15) is 5.78 Å². The van der Waals surface area contributed by atoms with Gasteiger partial charge in [0.05, 0.1) is 12.1 Å². The van der Waals surface area contributed by atoms with Crippen LogP contribution in [0.25, 0.3) is 0 Å². The molecule has 0 spiro atoms. The van der Waals surface area contributed by atoms with Crippen LogP contribution in [0.15, 0.2) is 6.20 Å². The molecule has 0 bridgehead atoms. The van der Waals surface area contributed by atoms with E-state index in [1.54, 1.807) is 4.68 Å². The number of carbonyl (C=O) groups is 1. The Labute approximate surface area is 89.7 Å². The van der Waals surface area contributed by atoms with Crippen molar-refractivity contribution in [2.45, 2.75) is 32.6 Å². The third-order valence-electron chi connectivity index (χ3n) is 3.28. The maximum atomic E-state index is 12.0. The van der Waals surface area contributed by atoms with E-state index < -0.39 is 0 Å².